The Labute approximate surface area is 71.8 Å². The molecule has 0 heterocycles. The van der Waals surface area contributed by atoms with Crippen LogP contribution in [0.15, 0.2) is 12.1 Å². The zero-order valence-electron chi connectivity index (χ0n) is 6.37. The number of hydrogen-bond acceptors (Lipinski definition) is 0. The highest BCUT2D eigenvalue weighted by molar-refractivity contribution is 6.12. The summed E-state index contributed by atoms with van der Waals surface area (Å²) in [5, 5.41) is 0. The minimum atomic E-state index is -1.16. The quantitative estimate of drug-likeness (QED) is 0.467. The summed E-state index contributed by atoms with van der Waals surface area (Å²) in [6.45, 7) is 1.59. The molecule has 0 aliphatic heterocycles. The van der Waals surface area contributed by atoms with Gasteiger partial charge in [0.25, 0.3) is 0 Å². The molecule has 0 nitrogen and oxygen atoms in total. The fraction of sp³-hybridized carbons (Fsp3) is 0.250. The van der Waals surface area contributed by atoms with Gasteiger partial charge < -0.3 is 0 Å². The molecule has 0 spiro atoms. The van der Waals surface area contributed by atoms with Crippen LogP contribution >= 0.6 is 0 Å². The smallest absolute Gasteiger partial charge is 0.162 e. The zero-order chi connectivity index (χ0) is 9.30. The molecule has 0 N–H and O–H groups in total. The lowest BCUT2D eigenvalue weighted by molar-refractivity contribution is 0.485. The minimum absolute atomic E-state index is 0.0100. The van der Waals surface area contributed by atoms with Crippen LogP contribution in [0.5, 0.6) is 0 Å². The lowest BCUT2D eigenvalue weighted by Gasteiger charge is -2.06. The molecule has 3 radical (unpaired) electrons. The molecule has 1 rings (SSSR count). The van der Waals surface area contributed by atoms with E-state index in [0.29, 0.717) is 6.07 Å². The van der Waals surface area contributed by atoms with E-state index >= 15 is 0 Å². The van der Waals surface area contributed by atoms with E-state index in [1.165, 1.54) is 0 Å². The Balaban J connectivity index is 3.28. The van der Waals surface area contributed by atoms with Crippen LogP contribution in [0, 0.1) is 17.5 Å². The van der Waals surface area contributed by atoms with Gasteiger partial charge in [-0.25, -0.2) is 13.2 Å². The van der Waals surface area contributed by atoms with Gasteiger partial charge in [-0.05, 0) is 17.2 Å². The highest BCUT2D eigenvalue weighted by Crippen LogP contribution is 2.19. The molecule has 1 aromatic carbocycles. The van der Waals surface area contributed by atoms with Gasteiger partial charge in [0.05, 0.1) is 0 Å². The van der Waals surface area contributed by atoms with E-state index in [1.807, 2.05) is 0 Å². The Bertz CT molecular complexity index is 297. The molecule has 0 saturated carbocycles. The van der Waals surface area contributed by atoms with Crippen LogP contribution in [0.2, 0.25) is 0 Å². The van der Waals surface area contributed by atoms with Gasteiger partial charge in [-0.15, -0.1) is 0 Å². The van der Waals surface area contributed by atoms with Crippen molar-refractivity contribution in [3.05, 3.63) is 35.1 Å². The first kappa shape index (κ1) is 9.32. The van der Waals surface area contributed by atoms with E-state index in [4.69, 9.17) is 0 Å². The second kappa shape index (κ2) is 3.31. The van der Waals surface area contributed by atoms with E-state index in [1.54, 1.807) is 6.92 Å². The summed E-state index contributed by atoms with van der Waals surface area (Å²) in [4.78, 5) is 0. The van der Waals surface area contributed by atoms with Crippen molar-refractivity contribution in [2.24, 2.45) is 0 Å². The molecule has 1 atom stereocenters. The van der Waals surface area contributed by atoms with Crippen LogP contribution in [-0.2, 0) is 0 Å². The van der Waals surface area contributed by atoms with Gasteiger partial charge in [0.1, 0.15) is 5.82 Å². The van der Waals surface area contributed by atoms with Crippen molar-refractivity contribution >= 4 is 10.2 Å². The van der Waals surface area contributed by atoms with Gasteiger partial charge in [0.2, 0.25) is 0 Å². The van der Waals surface area contributed by atoms with Crippen LogP contribution in [0.4, 0.5) is 13.2 Å². The lowest BCUT2D eigenvalue weighted by Crippen LogP contribution is -2.00. The molecule has 1 unspecified atom stereocenters. The van der Waals surface area contributed by atoms with Crippen LogP contribution in [0.1, 0.15) is 18.0 Å². The molecule has 0 aromatic heterocycles. The summed E-state index contributed by atoms with van der Waals surface area (Å²) in [6, 6.07) is 1.49. The van der Waals surface area contributed by atoms with Crippen LogP contribution in [0.3, 0.4) is 0 Å². The van der Waals surface area contributed by atoms with Crippen molar-refractivity contribution in [1.82, 2.24) is 0 Å². The Kier molecular flexibility index (Phi) is 2.57. The Morgan fingerprint density at radius 3 is 2.33 bits per heavy atom. The maximum atomic E-state index is 12.9. The van der Waals surface area contributed by atoms with E-state index < -0.39 is 23.0 Å². The maximum absolute atomic E-state index is 12.9. The molecular formula is C8H6F3Si. The lowest BCUT2D eigenvalue weighted by atomic mass is 10.1. The van der Waals surface area contributed by atoms with Crippen molar-refractivity contribution in [3.8, 4) is 0 Å². The molecule has 12 heavy (non-hydrogen) atoms. The number of hydrogen-bond donors (Lipinski definition) is 0. The second-order valence-corrected chi connectivity index (χ2v) is 3.38. The van der Waals surface area contributed by atoms with Crippen molar-refractivity contribution < 1.29 is 13.2 Å². The largest absolute Gasteiger partial charge is 0.207 e. The predicted molar refractivity (Wildman–Crippen MR) is 40.5 cm³/mol. The Morgan fingerprint density at radius 1 is 1.25 bits per heavy atom. The molecule has 63 valence electrons. The molecule has 0 bridgehead atoms. The third kappa shape index (κ3) is 1.69. The molecule has 0 amide bonds. The average molecular weight is 187 g/mol. The first-order chi connectivity index (χ1) is 5.52. The highest BCUT2D eigenvalue weighted by atomic mass is 28.1. The molecule has 0 saturated heterocycles. The molecule has 0 aliphatic rings. The summed E-state index contributed by atoms with van der Waals surface area (Å²) in [5.41, 5.74) is -0.417. The Hall–Kier alpha value is -0.773. The van der Waals surface area contributed by atoms with Crippen LogP contribution in [0.25, 0.3) is 0 Å². The van der Waals surface area contributed by atoms with Crippen molar-refractivity contribution in [3.63, 3.8) is 0 Å². The van der Waals surface area contributed by atoms with Gasteiger partial charge in [-0.2, -0.15) is 0 Å². The third-order valence-electron chi connectivity index (χ3n) is 1.49. The highest BCUT2D eigenvalue weighted by Gasteiger charge is 2.12. The van der Waals surface area contributed by atoms with Crippen LogP contribution in [-0.4, -0.2) is 10.2 Å². The van der Waals surface area contributed by atoms with Crippen molar-refractivity contribution in [1.29, 1.82) is 0 Å². The van der Waals surface area contributed by atoms with E-state index in [2.05, 4.69) is 10.2 Å². The maximum Gasteiger partial charge on any atom is 0.162 e. The van der Waals surface area contributed by atoms with E-state index in [0.717, 1.165) is 6.07 Å². The van der Waals surface area contributed by atoms with Crippen molar-refractivity contribution in [2.75, 3.05) is 0 Å². The minimum Gasteiger partial charge on any atom is -0.207 e. The SMILES string of the molecule is CC([Si])c1cc(F)cc(F)c1F. The fourth-order valence-corrected chi connectivity index (χ4v) is 1.10. The molecule has 0 aliphatic carbocycles. The van der Waals surface area contributed by atoms with Gasteiger partial charge in [-0.3, -0.25) is 0 Å². The van der Waals surface area contributed by atoms with Crippen LogP contribution < -0.4 is 0 Å². The normalized spacial score (nSPS) is 13.1. The molecule has 1 aromatic rings. The standard InChI is InChI=1S/C8H6F3Si/c1-4(12)6-2-5(9)3-7(10)8(6)11/h2-4H,1H3. The number of halogens is 3. The van der Waals surface area contributed by atoms with E-state index in [9.17, 15) is 13.2 Å². The summed E-state index contributed by atoms with van der Waals surface area (Å²) >= 11 is 0. The van der Waals surface area contributed by atoms with Crippen molar-refractivity contribution in [2.45, 2.75) is 12.5 Å². The van der Waals surface area contributed by atoms with Gasteiger partial charge in [-0.1, -0.05) is 6.92 Å². The first-order valence-electron chi connectivity index (χ1n) is 3.38. The number of benzene rings is 1. The fourth-order valence-electron chi connectivity index (χ4n) is 0.891. The average Bonchev–Trinajstić information content (AvgIpc) is 1.96. The third-order valence-corrected chi connectivity index (χ3v) is 1.80. The second-order valence-electron chi connectivity index (χ2n) is 2.51. The summed E-state index contributed by atoms with van der Waals surface area (Å²) < 4.78 is 38.0. The van der Waals surface area contributed by atoms with Gasteiger partial charge in [0.15, 0.2) is 11.6 Å². The summed E-state index contributed by atoms with van der Waals surface area (Å²) in [7, 11) is 3.08. The molecule has 0 fully saturated rings. The summed E-state index contributed by atoms with van der Waals surface area (Å²) in [6.07, 6.45) is 0. The van der Waals surface area contributed by atoms with Gasteiger partial charge in [0, 0.05) is 16.3 Å². The first-order valence-corrected chi connectivity index (χ1v) is 3.95. The Morgan fingerprint density at radius 2 is 1.83 bits per heavy atom. The molecule has 4 heteroatoms. The zero-order valence-corrected chi connectivity index (χ0v) is 7.37. The monoisotopic (exact) mass is 187 g/mol. The molecular weight excluding hydrogens is 181 g/mol. The van der Waals surface area contributed by atoms with Gasteiger partial charge >= 0.3 is 0 Å². The topological polar surface area (TPSA) is 0 Å². The predicted octanol–water partition coefficient (Wildman–Crippen LogP) is 2.33. The number of rotatable bonds is 1. The van der Waals surface area contributed by atoms with E-state index in [-0.39, 0.29) is 5.56 Å². The summed E-state index contributed by atoms with van der Waals surface area (Å²) in [5.74, 6) is -2.93.